The van der Waals surface area contributed by atoms with E-state index in [9.17, 15) is 4.79 Å². The second kappa shape index (κ2) is 7.09. The minimum absolute atomic E-state index is 0.0915. The van der Waals surface area contributed by atoms with Gasteiger partial charge in [0.2, 0.25) is 5.91 Å². The number of amides is 1. The molecule has 0 aromatic carbocycles. The van der Waals surface area contributed by atoms with Gasteiger partial charge in [-0.3, -0.25) is 4.79 Å². The molecule has 1 amide bonds. The van der Waals surface area contributed by atoms with Gasteiger partial charge < -0.3 is 9.47 Å². The highest BCUT2D eigenvalue weighted by Gasteiger charge is 2.17. The summed E-state index contributed by atoms with van der Waals surface area (Å²) in [6.07, 6.45) is 1.85. The number of nitrogens with zero attached hydrogens (tertiary/aromatic N) is 4. The molecule has 0 aliphatic carbocycles. The van der Waals surface area contributed by atoms with E-state index in [2.05, 4.69) is 32.9 Å². The lowest BCUT2D eigenvalue weighted by Crippen LogP contribution is -2.30. The van der Waals surface area contributed by atoms with Gasteiger partial charge in [-0.15, -0.1) is 22.7 Å². The third-order valence-corrected chi connectivity index (χ3v) is 5.92. The minimum Gasteiger partial charge on any atom is -0.339 e. The normalized spacial score (nSPS) is 11.1. The predicted octanol–water partition coefficient (Wildman–Crippen LogP) is 3.96. The lowest BCUT2D eigenvalue weighted by molar-refractivity contribution is -0.131. The highest BCUT2D eigenvalue weighted by Crippen LogP contribution is 2.28. The molecule has 0 saturated heterocycles. The smallest absolute Gasteiger partial charge is 0.242 e. The maximum absolute atomic E-state index is 12.7. The number of thiazole rings is 2. The first-order valence-electron chi connectivity index (χ1n) is 8.09. The van der Waals surface area contributed by atoms with Crippen LogP contribution < -0.4 is 0 Å². The Hall–Kier alpha value is -1.99. The van der Waals surface area contributed by atoms with Crippen molar-refractivity contribution < 1.29 is 4.79 Å². The largest absolute Gasteiger partial charge is 0.339 e. The van der Waals surface area contributed by atoms with Gasteiger partial charge >= 0.3 is 0 Å². The SMILES string of the molecule is Cc1nc(-c2cc(C)n(CC(=O)N(C)Cc3cnc(C)s3)c2C)cs1. The van der Waals surface area contributed by atoms with Gasteiger partial charge in [0.1, 0.15) is 6.54 Å². The molecule has 0 spiro atoms. The number of hydrogen-bond donors (Lipinski definition) is 0. The fourth-order valence-electron chi connectivity index (χ4n) is 2.85. The monoisotopic (exact) mass is 374 g/mol. The van der Waals surface area contributed by atoms with Crippen LogP contribution in [0.2, 0.25) is 0 Å². The van der Waals surface area contributed by atoms with E-state index in [1.165, 1.54) is 0 Å². The number of rotatable bonds is 5. The van der Waals surface area contributed by atoms with Gasteiger partial charge in [0.05, 0.1) is 22.3 Å². The number of aromatic nitrogens is 3. The van der Waals surface area contributed by atoms with Crippen LogP contribution in [0.15, 0.2) is 17.6 Å². The van der Waals surface area contributed by atoms with Gasteiger partial charge in [0, 0.05) is 40.5 Å². The van der Waals surface area contributed by atoms with E-state index < -0.39 is 0 Å². The summed E-state index contributed by atoms with van der Waals surface area (Å²) in [5, 5.41) is 4.15. The third kappa shape index (κ3) is 3.82. The van der Waals surface area contributed by atoms with E-state index in [1.54, 1.807) is 27.6 Å². The predicted molar refractivity (Wildman–Crippen MR) is 103 cm³/mol. The summed E-state index contributed by atoms with van der Waals surface area (Å²) in [5.74, 6) is 0.0915. The van der Waals surface area contributed by atoms with Crippen LogP contribution in [0, 0.1) is 27.7 Å². The average molecular weight is 375 g/mol. The van der Waals surface area contributed by atoms with Crippen LogP contribution in [-0.4, -0.2) is 32.4 Å². The third-order valence-electron chi connectivity index (χ3n) is 4.25. The molecule has 0 fully saturated rings. The van der Waals surface area contributed by atoms with Crippen LogP contribution in [-0.2, 0) is 17.9 Å². The highest BCUT2D eigenvalue weighted by molar-refractivity contribution is 7.11. The molecule has 3 rings (SSSR count). The fraction of sp³-hybridized carbons (Fsp3) is 0.389. The van der Waals surface area contributed by atoms with Crippen molar-refractivity contribution in [1.82, 2.24) is 19.4 Å². The first-order valence-corrected chi connectivity index (χ1v) is 9.79. The lowest BCUT2D eigenvalue weighted by Gasteiger charge is -2.18. The zero-order valence-corrected chi connectivity index (χ0v) is 16.8. The molecule has 0 unspecified atom stereocenters. The quantitative estimate of drug-likeness (QED) is 0.679. The Balaban J connectivity index is 1.76. The van der Waals surface area contributed by atoms with Gasteiger partial charge in [-0.05, 0) is 33.8 Å². The molecule has 0 atom stereocenters. The van der Waals surface area contributed by atoms with Gasteiger partial charge in [0.15, 0.2) is 0 Å². The van der Waals surface area contributed by atoms with Gasteiger partial charge in [0.25, 0.3) is 0 Å². The summed E-state index contributed by atoms with van der Waals surface area (Å²) in [6, 6.07) is 2.11. The van der Waals surface area contributed by atoms with Crippen molar-refractivity contribution in [2.24, 2.45) is 0 Å². The molecule has 132 valence electrons. The first-order chi connectivity index (χ1) is 11.8. The molecule has 0 N–H and O–H groups in total. The van der Waals surface area contributed by atoms with E-state index in [-0.39, 0.29) is 5.91 Å². The summed E-state index contributed by atoms with van der Waals surface area (Å²) in [4.78, 5) is 24.3. The lowest BCUT2D eigenvalue weighted by atomic mass is 10.2. The van der Waals surface area contributed by atoms with Crippen LogP contribution in [0.3, 0.4) is 0 Å². The van der Waals surface area contributed by atoms with Gasteiger partial charge in [-0.1, -0.05) is 0 Å². The Morgan fingerprint density at radius 2 is 2.00 bits per heavy atom. The van der Waals surface area contributed by atoms with Crippen LogP contribution in [0.25, 0.3) is 11.3 Å². The average Bonchev–Trinajstić information content (AvgIpc) is 3.23. The summed E-state index contributed by atoms with van der Waals surface area (Å²) in [5.41, 5.74) is 4.25. The molecule has 0 bridgehead atoms. The maximum Gasteiger partial charge on any atom is 0.242 e. The van der Waals surface area contributed by atoms with Crippen molar-refractivity contribution in [2.45, 2.75) is 40.8 Å². The Morgan fingerprint density at radius 1 is 1.24 bits per heavy atom. The van der Waals surface area contributed by atoms with Gasteiger partial charge in [-0.2, -0.15) is 0 Å². The molecule has 0 radical (unpaired) electrons. The van der Waals surface area contributed by atoms with Crippen LogP contribution in [0.4, 0.5) is 0 Å². The molecule has 0 aliphatic heterocycles. The van der Waals surface area contributed by atoms with Crippen molar-refractivity contribution in [3.63, 3.8) is 0 Å². The molecular weight excluding hydrogens is 352 g/mol. The van der Waals surface area contributed by atoms with Crippen LogP contribution in [0.1, 0.15) is 26.3 Å². The molecule has 3 heterocycles. The summed E-state index contributed by atoms with van der Waals surface area (Å²) in [7, 11) is 1.84. The van der Waals surface area contributed by atoms with Crippen molar-refractivity contribution in [1.29, 1.82) is 0 Å². The number of carbonyl (C=O) groups is 1. The molecular formula is C18H22N4OS2. The number of carbonyl (C=O) groups excluding carboxylic acids is 1. The Kier molecular flexibility index (Phi) is 5.06. The van der Waals surface area contributed by atoms with Crippen molar-refractivity contribution in [3.05, 3.63) is 43.9 Å². The molecule has 0 saturated carbocycles. The Bertz CT molecular complexity index is 906. The second-order valence-corrected chi connectivity index (χ2v) is 8.60. The van der Waals surface area contributed by atoms with Crippen LogP contribution >= 0.6 is 22.7 Å². The number of hydrogen-bond acceptors (Lipinski definition) is 5. The van der Waals surface area contributed by atoms with Crippen molar-refractivity contribution in [3.8, 4) is 11.3 Å². The topological polar surface area (TPSA) is 51.0 Å². The Labute approximate surface area is 156 Å². The maximum atomic E-state index is 12.7. The van der Waals surface area contributed by atoms with E-state index in [0.717, 1.165) is 37.5 Å². The second-order valence-electron chi connectivity index (χ2n) is 6.22. The number of likely N-dealkylation sites (N-methyl/N-ethyl adjacent to an activating group) is 1. The van der Waals surface area contributed by atoms with E-state index in [1.807, 2.05) is 34.0 Å². The zero-order valence-electron chi connectivity index (χ0n) is 15.2. The molecule has 7 heteroatoms. The molecule has 25 heavy (non-hydrogen) atoms. The van der Waals surface area contributed by atoms with Crippen molar-refractivity contribution in [2.75, 3.05) is 7.05 Å². The van der Waals surface area contributed by atoms with Crippen LogP contribution in [0.5, 0.6) is 0 Å². The number of aryl methyl sites for hydroxylation is 3. The standard InChI is InChI=1S/C18H22N4OS2/c1-11-6-16(17-10-24-14(4)20-17)12(2)22(11)9-18(23)21(5)8-15-7-19-13(3)25-15/h6-7,10H,8-9H2,1-5H3. The minimum atomic E-state index is 0.0915. The van der Waals surface area contributed by atoms with Crippen molar-refractivity contribution >= 4 is 28.6 Å². The molecule has 3 aromatic rings. The van der Waals surface area contributed by atoms with E-state index in [0.29, 0.717) is 13.1 Å². The molecule has 0 aliphatic rings. The fourth-order valence-corrected chi connectivity index (χ4v) is 4.31. The summed E-state index contributed by atoms with van der Waals surface area (Å²) < 4.78 is 2.07. The van der Waals surface area contributed by atoms with Gasteiger partial charge in [-0.25, -0.2) is 9.97 Å². The highest BCUT2D eigenvalue weighted by atomic mass is 32.1. The first kappa shape index (κ1) is 17.8. The zero-order chi connectivity index (χ0) is 18.1. The van der Waals surface area contributed by atoms with E-state index in [4.69, 9.17) is 0 Å². The molecule has 5 nitrogen and oxygen atoms in total. The Morgan fingerprint density at radius 3 is 2.60 bits per heavy atom. The van der Waals surface area contributed by atoms with E-state index >= 15 is 0 Å². The summed E-state index contributed by atoms with van der Waals surface area (Å²) >= 11 is 3.28. The summed E-state index contributed by atoms with van der Waals surface area (Å²) in [6.45, 7) is 9.01. The molecule has 3 aromatic heterocycles.